The zero-order valence-corrected chi connectivity index (χ0v) is 7.41. The Morgan fingerprint density at radius 1 is 1.00 bits per heavy atom. The van der Waals surface area contributed by atoms with Gasteiger partial charge in [0.05, 0.1) is 0 Å². The third-order valence-corrected chi connectivity index (χ3v) is 0. The summed E-state index contributed by atoms with van der Waals surface area (Å²) in [6.07, 6.45) is 0. The van der Waals surface area contributed by atoms with Gasteiger partial charge in [0.2, 0.25) is 0 Å². The quantitative estimate of drug-likeness (QED) is 0.361. The molecule has 0 N–H and O–H groups in total. The molecule has 0 saturated heterocycles. The minimum atomic E-state index is 0. The van der Waals surface area contributed by atoms with Crippen LogP contribution in [0.25, 0.3) is 0 Å². The molecule has 0 aliphatic rings. The molecule has 0 aromatic carbocycles. The van der Waals surface area contributed by atoms with E-state index in [-0.39, 0.29) is 73.1 Å². The van der Waals surface area contributed by atoms with E-state index in [2.05, 4.69) is 0 Å². The van der Waals surface area contributed by atoms with Crippen molar-refractivity contribution >= 4 is 51.4 Å². The third kappa shape index (κ3) is 8.87. The standard InChI is InChI=1S/Al.Mg.Si.Ti. The molecule has 0 heterocycles. The molecule has 0 aromatic rings. The molecule has 0 amide bonds. The van der Waals surface area contributed by atoms with Crippen molar-refractivity contribution in [1.29, 1.82) is 0 Å². The Kier molecular flexibility index (Phi) is 161. The van der Waals surface area contributed by atoms with E-state index in [1.165, 1.54) is 0 Å². The monoisotopic (exact) mass is 127 g/mol. The predicted octanol–water partition coefficient (Wildman–Crippen LogP) is -1.14. The van der Waals surface area contributed by atoms with Crippen LogP contribution in [0.5, 0.6) is 0 Å². The zero-order chi connectivity index (χ0) is 0. The molecule has 4 heteroatoms. The molecule has 0 fully saturated rings. The summed E-state index contributed by atoms with van der Waals surface area (Å²) in [5.74, 6) is 0. The summed E-state index contributed by atoms with van der Waals surface area (Å²) in [4.78, 5) is 0. The van der Waals surface area contributed by atoms with Crippen molar-refractivity contribution in [3.8, 4) is 0 Å². The molecule has 0 atom stereocenters. The van der Waals surface area contributed by atoms with Crippen LogP contribution in [0.1, 0.15) is 0 Å². The Bertz CT molecular complexity index is 8.00. The molecule has 0 aliphatic carbocycles. The van der Waals surface area contributed by atoms with Gasteiger partial charge in [-0.15, -0.1) is 0 Å². The van der Waals surface area contributed by atoms with E-state index in [0.29, 0.717) is 0 Å². The van der Waals surface area contributed by atoms with Crippen LogP contribution in [-0.4, -0.2) is 51.4 Å². The van der Waals surface area contributed by atoms with Crippen molar-refractivity contribution in [3.63, 3.8) is 0 Å². The molecule has 4 heavy (non-hydrogen) atoms. The van der Waals surface area contributed by atoms with Crippen molar-refractivity contribution in [2.24, 2.45) is 0 Å². The largest absolute Gasteiger partial charge is 0 e. The van der Waals surface area contributed by atoms with Crippen LogP contribution in [0.3, 0.4) is 0 Å². The first-order chi connectivity index (χ1) is 0. The fraction of sp³-hybridized carbons (Fsp3) is 0. The van der Waals surface area contributed by atoms with Crippen molar-refractivity contribution in [3.05, 3.63) is 0 Å². The maximum atomic E-state index is 0. The Morgan fingerprint density at radius 3 is 1.00 bits per heavy atom. The van der Waals surface area contributed by atoms with Crippen LogP contribution in [0, 0.1) is 0 Å². The van der Waals surface area contributed by atoms with Gasteiger partial charge >= 0.3 is 0 Å². The van der Waals surface area contributed by atoms with Crippen LogP contribution >= 0.6 is 0 Å². The Hall–Kier alpha value is 2.23. The minimum absolute atomic E-state index is 0. The normalized spacial score (nSPS) is 0. The van der Waals surface area contributed by atoms with Crippen LogP contribution < -0.4 is 0 Å². The van der Waals surface area contributed by atoms with E-state index in [0.717, 1.165) is 0 Å². The first-order valence-corrected chi connectivity index (χ1v) is 0. The average molecular weight is 127 g/mol. The minimum Gasteiger partial charge on any atom is 0 e. The van der Waals surface area contributed by atoms with Crippen molar-refractivity contribution in [1.82, 2.24) is 0 Å². The SMILES string of the molecule is [Al].[Mg].[Si].[Ti]. The van der Waals surface area contributed by atoms with E-state index in [1.807, 2.05) is 0 Å². The van der Waals surface area contributed by atoms with Crippen LogP contribution in [0.2, 0.25) is 0 Å². The van der Waals surface area contributed by atoms with Gasteiger partial charge in [0.1, 0.15) is 0 Å². The molecule has 0 spiro atoms. The second-order valence-corrected chi connectivity index (χ2v) is 0. The van der Waals surface area contributed by atoms with Gasteiger partial charge < -0.3 is 0 Å². The molecule has 0 saturated carbocycles. The summed E-state index contributed by atoms with van der Waals surface area (Å²) in [6.45, 7) is 0. The summed E-state index contributed by atoms with van der Waals surface area (Å²) >= 11 is 0. The zero-order valence-electron chi connectivity index (χ0n) is 2.28. The summed E-state index contributed by atoms with van der Waals surface area (Å²) < 4.78 is 0. The van der Waals surface area contributed by atoms with E-state index in [4.69, 9.17) is 0 Å². The molecule has 0 nitrogen and oxygen atoms in total. The number of rotatable bonds is 0. The molecule has 0 unspecified atom stereocenters. The molecule has 13 valence electrons. The van der Waals surface area contributed by atoms with Crippen molar-refractivity contribution in [2.45, 2.75) is 0 Å². The van der Waals surface area contributed by atoms with Gasteiger partial charge in [-0.2, -0.15) is 0 Å². The smallest absolute Gasteiger partial charge is 0 e. The first kappa shape index (κ1) is 34.3. The van der Waals surface area contributed by atoms with Gasteiger partial charge in [0.15, 0.2) is 0 Å². The Labute approximate surface area is 72.3 Å². The number of hydrogen-bond donors (Lipinski definition) is 0. The van der Waals surface area contributed by atoms with E-state index in [9.17, 15) is 0 Å². The van der Waals surface area contributed by atoms with Crippen LogP contribution in [0.4, 0.5) is 0 Å². The maximum Gasteiger partial charge on any atom is 0 e. The van der Waals surface area contributed by atoms with Crippen LogP contribution in [-0.2, 0) is 21.7 Å². The topological polar surface area (TPSA) is 0 Å². The number of hydrogen-bond acceptors (Lipinski definition) is 0. The summed E-state index contributed by atoms with van der Waals surface area (Å²) in [6, 6.07) is 0. The van der Waals surface area contributed by atoms with E-state index < -0.39 is 0 Å². The molecule has 9 radical (unpaired) electrons. The molecule has 0 bridgehead atoms. The maximum absolute atomic E-state index is 0. The Balaban J connectivity index is 0. The van der Waals surface area contributed by atoms with Gasteiger partial charge in [0.25, 0.3) is 0 Å². The molecular formula is AlMgSiTi. The van der Waals surface area contributed by atoms with Crippen molar-refractivity contribution in [2.75, 3.05) is 0 Å². The van der Waals surface area contributed by atoms with Crippen LogP contribution in [0.15, 0.2) is 0 Å². The van der Waals surface area contributed by atoms with Crippen molar-refractivity contribution < 1.29 is 21.7 Å². The summed E-state index contributed by atoms with van der Waals surface area (Å²) in [5, 5.41) is 0. The molecule has 0 aromatic heterocycles. The van der Waals surface area contributed by atoms with Gasteiger partial charge in [-0.1, -0.05) is 0 Å². The second kappa shape index (κ2) is 18.8. The van der Waals surface area contributed by atoms with Gasteiger partial charge in [-0.05, 0) is 0 Å². The summed E-state index contributed by atoms with van der Waals surface area (Å²) in [5.41, 5.74) is 0. The predicted molar refractivity (Wildman–Crippen MR) is 17.3 cm³/mol. The van der Waals surface area contributed by atoms with E-state index in [1.54, 1.807) is 0 Å². The second-order valence-electron chi connectivity index (χ2n) is 0. The van der Waals surface area contributed by atoms with E-state index >= 15 is 0 Å². The molecule has 0 aliphatic heterocycles. The fourth-order valence-corrected chi connectivity index (χ4v) is 0. The third-order valence-electron chi connectivity index (χ3n) is 0. The van der Waals surface area contributed by atoms with Gasteiger partial charge in [0, 0.05) is 73.1 Å². The van der Waals surface area contributed by atoms with Gasteiger partial charge in [-0.25, -0.2) is 0 Å². The molecular weight excluding hydrogens is 127 g/mol. The van der Waals surface area contributed by atoms with Gasteiger partial charge in [-0.3, -0.25) is 0 Å². The molecule has 0 rings (SSSR count). The first-order valence-electron chi connectivity index (χ1n) is 0. The Morgan fingerprint density at radius 2 is 1.00 bits per heavy atom. The summed E-state index contributed by atoms with van der Waals surface area (Å²) in [7, 11) is 0. The fourth-order valence-electron chi connectivity index (χ4n) is 0. The average Bonchev–Trinajstić information content (AvgIpc) is 0.